The number of hydrogen-bond donors (Lipinski definition) is 2. The van der Waals surface area contributed by atoms with Gasteiger partial charge in [0.15, 0.2) is 5.96 Å². The Morgan fingerprint density at radius 3 is 2.44 bits per heavy atom. The van der Waals surface area contributed by atoms with Crippen molar-refractivity contribution in [3.05, 3.63) is 15.6 Å². The predicted molar refractivity (Wildman–Crippen MR) is 106 cm³/mol. The number of aliphatic imine (C=N–C) groups is 1. The minimum absolute atomic E-state index is 0.639. The fourth-order valence-corrected chi connectivity index (χ4v) is 3.26. The lowest BCUT2D eigenvalue weighted by atomic mass is 10.3. The van der Waals surface area contributed by atoms with Crippen LogP contribution in [0.4, 0.5) is 0 Å². The molecule has 1 rings (SSSR count). The maximum atomic E-state index is 5.53. The third kappa shape index (κ3) is 9.77. The molecule has 0 atom stereocenters. The molecular formula is C18H34N4O2S. The number of nitrogens with zero attached hydrogens (tertiary/aromatic N) is 2. The summed E-state index contributed by atoms with van der Waals surface area (Å²) in [6.07, 6.45) is 4.20. The number of aromatic nitrogens is 1. The maximum Gasteiger partial charge on any atom is 0.191 e. The summed E-state index contributed by atoms with van der Waals surface area (Å²) >= 11 is 1.79. The van der Waals surface area contributed by atoms with Crippen molar-refractivity contribution in [2.75, 3.05) is 46.6 Å². The van der Waals surface area contributed by atoms with Crippen LogP contribution in [0.2, 0.25) is 0 Å². The molecule has 6 nitrogen and oxygen atoms in total. The Bertz CT molecular complexity index is 491. The van der Waals surface area contributed by atoms with Gasteiger partial charge in [-0.2, -0.15) is 0 Å². The highest BCUT2D eigenvalue weighted by atomic mass is 32.1. The predicted octanol–water partition coefficient (Wildman–Crippen LogP) is 2.55. The van der Waals surface area contributed by atoms with Crippen LogP contribution in [0.15, 0.2) is 4.99 Å². The molecule has 0 aromatic carbocycles. The first-order valence-electron chi connectivity index (χ1n) is 9.26. The Balaban J connectivity index is 2.06. The van der Waals surface area contributed by atoms with E-state index < -0.39 is 0 Å². The molecule has 144 valence electrons. The summed E-state index contributed by atoms with van der Waals surface area (Å²) in [5.41, 5.74) is 1.22. The van der Waals surface area contributed by atoms with E-state index in [1.807, 2.05) is 0 Å². The number of thiazole rings is 1. The standard InChI is InChI=1S/C18H34N4O2S/c1-5-7-11-23-13-14-24-12-10-21-18(19-4)20-9-8-17-22-16(6-2)15(3)25-17/h5-14H2,1-4H3,(H2,19,20,21). The Hall–Kier alpha value is -1.18. The maximum absolute atomic E-state index is 5.53. The van der Waals surface area contributed by atoms with Gasteiger partial charge in [0, 0.05) is 38.0 Å². The van der Waals surface area contributed by atoms with Crippen LogP contribution in [0.1, 0.15) is 42.3 Å². The third-order valence-electron chi connectivity index (χ3n) is 3.68. The van der Waals surface area contributed by atoms with Crippen molar-refractivity contribution < 1.29 is 9.47 Å². The Morgan fingerprint density at radius 1 is 1.08 bits per heavy atom. The van der Waals surface area contributed by atoms with E-state index in [-0.39, 0.29) is 0 Å². The zero-order valence-corrected chi connectivity index (χ0v) is 17.0. The number of aryl methyl sites for hydroxylation is 2. The van der Waals surface area contributed by atoms with E-state index >= 15 is 0 Å². The molecule has 25 heavy (non-hydrogen) atoms. The number of ether oxygens (including phenoxy) is 2. The second kappa shape index (κ2) is 14.0. The summed E-state index contributed by atoms with van der Waals surface area (Å²) < 4.78 is 11.0. The first-order valence-corrected chi connectivity index (χ1v) is 10.1. The van der Waals surface area contributed by atoms with Gasteiger partial charge in [-0.25, -0.2) is 4.98 Å². The summed E-state index contributed by atoms with van der Waals surface area (Å²) in [6, 6.07) is 0. The lowest BCUT2D eigenvalue weighted by Gasteiger charge is -2.11. The minimum Gasteiger partial charge on any atom is -0.379 e. The van der Waals surface area contributed by atoms with Gasteiger partial charge in [0.05, 0.1) is 30.5 Å². The van der Waals surface area contributed by atoms with Crippen molar-refractivity contribution in [3.8, 4) is 0 Å². The van der Waals surface area contributed by atoms with Crippen LogP contribution < -0.4 is 10.6 Å². The van der Waals surface area contributed by atoms with E-state index in [1.54, 1.807) is 18.4 Å². The van der Waals surface area contributed by atoms with Gasteiger partial charge in [-0.3, -0.25) is 4.99 Å². The molecule has 0 aliphatic carbocycles. The highest BCUT2D eigenvalue weighted by Gasteiger charge is 2.06. The summed E-state index contributed by atoms with van der Waals surface area (Å²) in [6.45, 7) is 10.8. The quantitative estimate of drug-likeness (QED) is 0.317. The zero-order chi connectivity index (χ0) is 18.3. The normalized spacial score (nSPS) is 11.8. The number of hydrogen-bond acceptors (Lipinski definition) is 5. The van der Waals surface area contributed by atoms with Gasteiger partial charge in [-0.05, 0) is 19.8 Å². The monoisotopic (exact) mass is 370 g/mol. The Morgan fingerprint density at radius 2 is 1.80 bits per heavy atom. The van der Waals surface area contributed by atoms with Gasteiger partial charge < -0.3 is 20.1 Å². The van der Waals surface area contributed by atoms with Gasteiger partial charge in [-0.15, -0.1) is 11.3 Å². The van der Waals surface area contributed by atoms with Crippen molar-refractivity contribution in [2.45, 2.75) is 46.5 Å². The molecular weight excluding hydrogens is 336 g/mol. The van der Waals surface area contributed by atoms with Crippen molar-refractivity contribution in [3.63, 3.8) is 0 Å². The molecule has 0 unspecified atom stereocenters. The van der Waals surface area contributed by atoms with E-state index in [1.165, 1.54) is 22.0 Å². The van der Waals surface area contributed by atoms with Crippen molar-refractivity contribution in [2.24, 2.45) is 4.99 Å². The van der Waals surface area contributed by atoms with Crippen LogP contribution >= 0.6 is 11.3 Å². The SMILES string of the molecule is CCCCOCCOCCNC(=NC)NCCc1nc(CC)c(C)s1. The topological polar surface area (TPSA) is 67.8 Å². The Labute approximate surface area is 156 Å². The van der Waals surface area contributed by atoms with Crippen molar-refractivity contribution in [1.82, 2.24) is 15.6 Å². The van der Waals surface area contributed by atoms with Crippen LogP contribution in [0, 0.1) is 6.92 Å². The van der Waals surface area contributed by atoms with Crippen molar-refractivity contribution >= 4 is 17.3 Å². The fourth-order valence-electron chi connectivity index (χ4n) is 2.24. The molecule has 0 amide bonds. The second-order valence-corrected chi connectivity index (χ2v) is 7.01. The minimum atomic E-state index is 0.639. The lowest BCUT2D eigenvalue weighted by Crippen LogP contribution is -2.39. The highest BCUT2D eigenvalue weighted by Crippen LogP contribution is 2.17. The molecule has 0 aliphatic heterocycles. The Kier molecular flexibility index (Phi) is 12.3. The van der Waals surface area contributed by atoms with Crippen LogP contribution in [0.25, 0.3) is 0 Å². The molecule has 1 heterocycles. The van der Waals surface area contributed by atoms with Gasteiger partial charge >= 0.3 is 0 Å². The van der Waals surface area contributed by atoms with Crippen LogP contribution in [0.5, 0.6) is 0 Å². The summed E-state index contributed by atoms with van der Waals surface area (Å²) in [4.78, 5) is 10.2. The molecule has 2 N–H and O–H groups in total. The van der Waals surface area contributed by atoms with E-state index in [0.29, 0.717) is 19.8 Å². The summed E-state index contributed by atoms with van der Waals surface area (Å²) in [7, 11) is 1.78. The second-order valence-electron chi connectivity index (χ2n) is 5.72. The van der Waals surface area contributed by atoms with Gasteiger partial charge in [0.1, 0.15) is 0 Å². The molecule has 1 aromatic heterocycles. The third-order valence-corrected chi connectivity index (χ3v) is 4.75. The van der Waals surface area contributed by atoms with E-state index in [9.17, 15) is 0 Å². The van der Waals surface area contributed by atoms with Gasteiger partial charge in [-0.1, -0.05) is 20.3 Å². The van der Waals surface area contributed by atoms with Crippen LogP contribution in [-0.4, -0.2) is 57.5 Å². The molecule has 1 aromatic rings. The molecule has 0 saturated carbocycles. The first-order chi connectivity index (χ1) is 12.2. The van der Waals surface area contributed by atoms with Crippen LogP contribution in [0.3, 0.4) is 0 Å². The van der Waals surface area contributed by atoms with E-state index in [2.05, 4.69) is 41.4 Å². The number of rotatable bonds is 13. The summed E-state index contributed by atoms with van der Waals surface area (Å²) in [5, 5.41) is 7.75. The molecule has 0 fully saturated rings. The zero-order valence-electron chi connectivity index (χ0n) is 16.2. The molecule has 0 saturated heterocycles. The number of nitrogens with one attached hydrogen (secondary N) is 2. The highest BCUT2D eigenvalue weighted by molar-refractivity contribution is 7.11. The summed E-state index contributed by atoms with van der Waals surface area (Å²) in [5.74, 6) is 0.798. The molecule has 0 aliphatic rings. The smallest absolute Gasteiger partial charge is 0.191 e. The molecule has 0 spiro atoms. The number of unbranched alkanes of at least 4 members (excludes halogenated alkanes) is 1. The molecule has 0 bridgehead atoms. The molecule has 7 heteroatoms. The first kappa shape index (κ1) is 21.9. The fraction of sp³-hybridized carbons (Fsp3) is 0.778. The average Bonchev–Trinajstić information content (AvgIpc) is 2.98. The van der Waals surface area contributed by atoms with Crippen LogP contribution in [-0.2, 0) is 22.3 Å². The number of guanidine groups is 1. The van der Waals surface area contributed by atoms with E-state index in [4.69, 9.17) is 9.47 Å². The van der Waals surface area contributed by atoms with Crippen molar-refractivity contribution in [1.29, 1.82) is 0 Å². The lowest BCUT2D eigenvalue weighted by molar-refractivity contribution is 0.0487. The average molecular weight is 371 g/mol. The van der Waals surface area contributed by atoms with Gasteiger partial charge in [0.2, 0.25) is 0 Å². The van der Waals surface area contributed by atoms with E-state index in [0.717, 1.165) is 44.9 Å². The van der Waals surface area contributed by atoms with Gasteiger partial charge in [0.25, 0.3) is 0 Å². The largest absolute Gasteiger partial charge is 0.379 e. The molecule has 0 radical (unpaired) electrons.